The van der Waals surface area contributed by atoms with Gasteiger partial charge in [-0.05, 0) is 49.2 Å². The molecule has 1 aliphatic rings. The zero-order valence-electron chi connectivity index (χ0n) is 16.7. The van der Waals surface area contributed by atoms with E-state index in [0.29, 0.717) is 13.1 Å². The summed E-state index contributed by atoms with van der Waals surface area (Å²) < 4.78 is 46.3. The number of methoxy groups -OCH3 is 1. The molecule has 2 aromatic rings. The van der Waals surface area contributed by atoms with Gasteiger partial charge in [-0.1, -0.05) is 18.0 Å². The van der Waals surface area contributed by atoms with Crippen molar-refractivity contribution >= 4 is 33.4 Å². The molecule has 0 unspecified atom stereocenters. The van der Waals surface area contributed by atoms with E-state index in [1.807, 2.05) is 0 Å². The van der Waals surface area contributed by atoms with Crippen LogP contribution in [0.25, 0.3) is 0 Å². The van der Waals surface area contributed by atoms with Crippen molar-refractivity contribution in [2.45, 2.75) is 24.2 Å². The first-order valence-corrected chi connectivity index (χ1v) is 11.3. The van der Waals surface area contributed by atoms with Crippen LogP contribution in [0.1, 0.15) is 40.0 Å². The van der Waals surface area contributed by atoms with Crippen LogP contribution in [-0.4, -0.2) is 44.7 Å². The van der Waals surface area contributed by atoms with E-state index in [4.69, 9.17) is 16.3 Å². The Bertz CT molecular complexity index is 1100. The van der Waals surface area contributed by atoms with E-state index < -0.39 is 33.2 Å². The number of carbonyl (C=O) groups excluding carboxylic acids is 2. The first-order valence-electron chi connectivity index (χ1n) is 9.48. The van der Waals surface area contributed by atoms with Gasteiger partial charge in [-0.2, -0.15) is 4.31 Å². The molecule has 8 nitrogen and oxygen atoms in total. The number of amides is 2. The lowest BCUT2D eigenvalue weighted by molar-refractivity contribution is 0.0842. The fourth-order valence-electron chi connectivity index (χ4n) is 3.20. The summed E-state index contributed by atoms with van der Waals surface area (Å²) in [6.45, 7) is 0.748. The monoisotopic (exact) mass is 469 g/mol. The van der Waals surface area contributed by atoms with Crippen LogP contribution in [0.3, 0.4) is 0 Å². The Morgan fingerprint density at radius 1 is 1.00 bits per heavy atom. The summed E-state index contributed by atoms with van der Waals surface area (Å²) in [5.41, 5.74) is 3.76. The molecule has 0 bridgehead atoms. The van der Waals surface area contributed by atoms with E-state index in [2.05, 4.69) is 10.9 Å². The minimum atomic E-state index is -3.85. The van der Waals surface area contributed by atoms with Crippen molar-refractivity contribution in [1.29, 1.82) is 0 Å². The fourth-order valence-corrected chi connectivity index (χ4v) is 4.91. The van der Waals surface area contributed by atoms with E-state index >= 15 is 0 Å². The third kappa shape index (κ3) is 5.15. The number of hydrogen-bond donors (Lipinski definition) is 2. The summed E-state index contributed by atoms with van der Waals surface area (Å²) in [5.74, 6) is -2.46. The van der Waals surface area contributed by atoms with Crippen molar-refractivity contribution in [3.8, 4) is 5.75 Å². The summed E-state index contributed by atoms with van der Waals surface area (Å²) in [6, 6.07) is 7.33. The van der Waals surface area contributed by atoms with Gasteiger partial charge in [-0.25, -0.2) is 12.8 Å². The largest absolute Gasteiger partial charge is 0.496 e. The van der Waals surface area contributed by atoms with Crippen LogP contribution in [0, 0.1) is 5.82 Å². The van der Waals surface area contributed by atoms with Gasteiger partial charge in [0.1, 0.15) is 11.6 Å². The van der Waals surface area contributed by atoms with Gasteiger partial charge in [0, 0.05) is 18.1 Å². The maximum absolute atomic E-state index is 14.3. The zero-order valence-corrected chi connectivity index (χ0v) is 18.2. The van der Waals surface area contributed by atoms with Crippen LogP contribution in [-0.2, 0) is 10.0 Å². The molecular weight excluding hydrogens is 449 g/mol. The minimum absolute atomic E-state index is 0.0530. The Hall–Kier alpha value is -2.69. The van der Waals surface area contributed by atoms with Crippen molar-refractivity contribution < 1.29 is 27.1 Å². The van der Waals surface area contributed by atoms with Gasteiger partial charge in [0.2, 0.25) is 10.0 Å². The van der Waals surface area contributed by atoms with E-state index in [9.17, 15) is 22.4 Å². The number of sulfonamides is 1. The number of hydrogen-bond acceptors (Lipinski definition) is 5. The summed E-state index contributed by atoms with van der Waals surface area (Å²) >= 11 is 5.89. The predicted octanol–water partition coefficient (Wildman–Crippen LogP) is 2.74. The predicted molar refractivity (Wildman–Crippen MR) is 112 cm³/mol. The lowest BCUT2D eigenvalue weighted by Crippen LogP contribution is -2.42. The van der Waals surface area contributed by atoms with Crippen LogP contribution in [0.15, 0.2) is 41.3 Å². The Morgan fingerprint density at radius 2 is 1.65 bits per heavy atom. The second kappa shape index (κ2) is 9.63. The molecule has 0 spiro atoms. The summed E-state index contributed by atoms with van der Waals surface area (Å²) in [4.78, 5) is 24.6. The van der Waals surface area contributed by atoms with E-state index in [1.165, 1.54) is 29.6 Å². The standard InChI is InChI=1S/C20H21ClFN3O5S/c1-30-18-8-5-13(21)11-16(18)20(27)24-23-19(26)15-12-14(6-7-17(15)22)31(28,29)25-9-3-2-4-10-25/h5-8,11-12H,2-4,9-10H2,1H3,(H,23,26)(H,24,27). The third-order valence-corrected chi connectivity index (χ3v) is 6.96. The molecule has 3 rings (SSSR count). The molecule has 2 aromatic carbocycles. The number of rotatable bonds is 5. The van der Waals surface area contributed by atoms with Crippen molar-refractivity contribution in [1.82, 2.24) is 15.2 Å². The molecule has 0 aromatic heterocycles. The molecule has 1 aliphatic heterocycles. The average Bonchev–Trinajstić information content (AvgIpc) is 2.78. The molecule has 0 radical (unpaired) electrons. The SMILES string of the molecule is COc1ccc(Cl)cc1C(=O)NNC(=O)c1cc(S(=O)(=O)N2CCCCC2)ccc1F. The normalized spacial score (nSPS) is 14.7. The topological polar surface area (TPSA) is 105 Å². The molecule has 1 heterocycles. The van der Waals surface area contributed by atoms with Crippen LogP contribution >= 0.6 is 11.6 Å². The number of ether oxygens (including phenoxy) is 1. The van der Waals surface area contributed by atoms with Gasteiger partial charge < -0.3 is 4.74 Å². The number of hydrazine groups is 1. The smallest absolute Gasteiger partial charge is 0.273 e. The second-order valence-electron chi connectivity index (χ2n) is 6.86. The number of nitrogens with one attached hydrogen (secondary N) is 2. The number of nitrogens with zero attached hydrogens (tertiary/aromatic N) is 1. The molecule has 1 saturated heterocycles. The Morgan fingerprint density at radius 3 is 2.29 bits per heavy atom. The molecule has 1 fully saturated rings. The van der Waals surface area contributed by atoms with Crippen molar-refractivity contribution in [3.05, 3.63) is 58.4 Å². The molecule has 2 N–H and O–H groups in total. The van der Waals surface area contributed by atoms with Crippen LogP contribution in [0.5, 0.6) is 5.75 Å². The van der Waals surface area contributed by atoms with Crippen LogP contribution in [0.4, 0.5) is 4.39 Å². The molecule has 2 amide bonds. The highest BCUT2D eigenvalue weighted by molar-refractivity contribution is 7.89. The van der Waals surface area contributed by atoms with Gasteiger partial charge >= 0.3 is 0 Å². The van der Waals surface area contributed by atoms with E-state index in [1.54, 1.807) is 0 Å². The minimum Gasteiger partial charge on any atom is -0.496 e. The van der Waals surface area contributed by atoms with Gasteiger partial charge in [0.25, 0.3) is 11.8 Å². The molecule has 11 heteroatoms. The number of halogens is 2. The number of carbonyl (C=O) groups is 2. The van der Waals surface area contributed by atoms with Crippen LogP contribution in [0.2, 0.25) is 5.02 Å². The Labute approximate surface area is 184 Å². The van der Waals surface area contributed by atoms with Gasteiger partial charge in [-0.3, -0.25) is 20.4 Å². The fraction of sp³-hybridized carbons (Fsp3) is 0.300. The highest BCUT2D eigenvalue weighted by Gasteiger charge is 2.27. The zero-order chi connectivity index (χ0) is 22.6. The molecule has 166 valence electrons. The molecule has 0 aliphatic carbocycles. The molecule has 31 heavy (non-hydrogen) atoms. The van der Waals surface area contributed by atoms with Gasteiger partial charge in [0.15, 0.2) is 0 Å². The molecule has 0 saturated carbocycles. The highest BCUT2D eigenvalue weighted by atomic mass is 35.5. The van der Waals surface area contributed by atoms with Gasteiger partial charge in [0.05, 0.1) is 23.1 Å². The highest BCUT2D eigenvalue weighted by Crippen LogP contribution is 2.24. The number of benzene rings is 2. The summed E-state index contributed by atoms with van der Waals surface area (Å²) in [6.07, 6.45) is 2.43. The third-order valence-electron chi connectivity index (χ3n) is 4.83. The van der Waals surface area contributed by atoms with Crippen molar-refractivity contribution in [2.75, 3.05) is 20.2 Å². The van der Waals surface area contributed by atoms with Crippen molar-refractivity contribution in [2.24, 2.45) is 0 Å². The van der Waals surface area contributed by atoms with E-state index in [0.717, 1.165) is 37.5 Å². The lowest BCUT2D eigenvalue weighted by Gasteiger charge is -2.26. The van der Waals surface area contributed by atoms with Gasteiger partial charge in [-0.15, -0.1) is 0 Å². The first kappa shape index (κ1) is 23.0. The summed E-state index contributed by atoms with van der Waals surface area (Å²) in [5, 5.41) is 0.277. The molecular formula is C20H21ClFN3O5S. The Balaban J connectivity index is 1.77. The first-order chi connectivity index (χ1) is 14.7. The maximum Gasteiger partial charge on any atom is 0.273 e. The Kier molecular flexibility index (Phi) is 7.14. The van der Waals surface area contributed by atoms with Crippen molar-refractivity contribution in [3.63, 3.8) is 0 Å². The molecule has 0 atom stereocenters. The van der Waals surface area contributed by atoms with E-state index in [-0.39, 0.29) is 21.2 Å². The second-order valence-corrected chi connectivity index (χ2v) is 9.23. The van der Waals surface area contributed by atoms with Crippen LogP contribution < -0.4 is 15.6 Å². The maximum atomic E-state index is 14.3. The average molecular weight is 470 g/mol. The quantitative estimate of drug-likeness (QED) is 0.655. The summed E-state index contributed by atoms with van der Waals surface area (Å²) in [7, 11) is -2.49. The number of piperidine rings is 1. The lowest BCUT2D eigenvalue weighted by atomic mass is 10.2.